The molecule has 5 nitrogen and oxygen atoms in total. The van der Waals surface area contributed by atoms with Crippen molar-refractivity contribution in [2.24, 2.45) is 0 Å². The lowest BCUT2D eigenvalue weighted by Gasteiger charge is -2.34. The second kappa shape index (κ2) is 8.05. The highest BCUT2D eigenvalue weighted by Crippen LogP contribution is 2.19. The Kier molecular flexibility index (Phi) is 5.82. The molecule has 0 aliphatic carbocycles. The molecule has 0 unspecified atom stereocenters. The van der Waals surface area contributed by atoms with Crippen LogP contribution in [-0.2, 0) is 11.2 Å². The molecule has 3 heterocycles. The zero-order valence-electron chi connectivity index (χ0n) is 12.2. The standard InChI is InChI=1S/C14H18N4OS3/c19-13(10-21-14-16-15-11-22-14)18-7-5-17(6-8-18)4-3-12-2-1-9-20-12/h1-2,9,11H,3-8,10H2. The number of hydrogen-bond acceptors (Lipinski definition) is 7. The normalized spacial score (nSPS) is 16.1. The lowest BCUT2D eigenvalue weighted by Crippen LogP contribution is -2.49. The molecule has 22 heavy (non-hydrogen) atoms. The predicted octanol–water partition coefficient (Wildman–Crippen LogP) is 2.08. The van der Waals surface area contributed by atoms with Gasteiger partial charge in [-0.15, -0.1) is 21.5 Å². The van der Waals surface area contributed by atoms with Crippen molar-refractivity contribution in [3.8, 4) is 0 Å². The number of amides is 1. The van der Waals surface area contributed by atoms with Gasteiger partial charge in [0.15, 0.2) is 4.34 Å². The summed E-state index contributed by atoms with van der Waals surface area (Å²) >= 11 is 4.78. The molecular formula is C14H18N4OS3. The summed E-state index contributed by atoms with van der Waals surface area (Å²) < 4.78 is 0.864. The summed E-state index contributed by atoms with van der Waals surface area (Å²) in [5, 5.41) is 9.86. The Morgan fingerprint density at radius 3 is 2.82 bits per heavy atom. The molecule has 0 radical (unpaired) electrons. The Morgan fingerprint density at radius 1 is 1.27 bits per heavy atom. The van der Waals surface area contributed by atoms with Crippen LogP contribution < -0.4 is 0 Å². The Hall–Kier alpha value is -0.960. The average molecular weight is 355 g/mol. The van der Waals surface area contributed by atoms with E-state index in [0.717, 1.165) is 43.5 Å². The van der Waals surface area contributed by atoms with Crippen LogP contribution >= 0.6 is 34.4 Å². The fourth-order valence-electron chi connectivity index (χ4n) is 2.38. The van der Waals surface area contributed by atoms with Crippen molar-refractivity contribution in [3.05, 3.63) is 27.9 Å². The number of thiophene rings is 1. The van der Waals surface area contributed by atoms with E-state index in [1.54, 1.807) is 5.51 Å². The lowest BCUT2D eigenvalue weighted by molar-refractivity contribution is -0.130. The van der Waals surface area contributed by atoms with Crippen molar-refractivity contribution in [2.75, 3.05) is 38.5 Å². The predicted molar refractivity (Wildman–Crippen MR) is 91.7 cm³/mol. The maximum Gasteiger partial charge on any atom is 0.233 e. The van der Waals surface area contributed by atoms with E-state index >= 15 is 0 Å². The van der Waals surface area contributed by atoms with Crippen LogP contribution in [0.1, 0.15) is 4.88 Å². The molecule has 2 aromatic heterocycles. The first-order valence-electron chi connectivity index (χ1n) is 7.23. The van der Waals surface area contributed by atoms with Gasteiger partial charge in [0, 0.05) is 37.6 Å². The SMILES string of the molecule is O=C(CSc1nncs1)N1CCN(CCc2cccs2)CC1. The molecule has 1 aliphatic heterocycles. The minimum absolute atomic E-state index is 0.207. The first-order chi connectivity index (χ1) is 10.8. The molecule has 1 fully saturated rings. The third-order valence-electron chi connectivity index (χ3n) is 3.64. The van der Waals surface area contributed by atoms with Crippen LogP contribution in [0.2, 0.25) is 0 Å². The number of thioether (sulfide) groups is 1. The summed E-state index contributed by atoms with van der Waals surface area (Å²) in [7, 11) is 0. The van der Waals surface area contributed by atoms with Gasteiger partial charge in [-0.1, -0.05) is 29.2 Å². The summed E-state index contributed by atoms with van der Waals surface area (Å²) in [6.07, 6.45) is 1.11. The number of nitrogens with zero attached hydrogens (tertiary/aromatic N) is 4. The molecular weight excluding hydrogens is 336 g/mol. The van der Waals surface area contributed by atoms with E-state index in [4.69, 9.17) is 0 Å². The Balaban J connectivity index is 1.36. The van der Waals surface area contributed by atoms with Gasteiger partial charge in [0.1, 0.15) is 5.51 Å². The van der Waals surface area contributed by atoms with Gasteiger partial charge < -0.3 is 4.90 Å². The largest absolute Gasteiger partial charge is 0.339 e. The first kappa shape index (κ1) is 15.9. The third kappa shape index (κ3) is 4.52. The van der Waals surface area contributed by atoms with Crippen molar-refractivity contribution >= 4 is 40.3 Å². The Bertz CT molecular complexity index is 565. The highest BCUT2D eigenvalue weighted by Gasteiger charge is 2.21. The topological polar surface area (TPSA) is 49.3 Å². The molecule has 3 rings (SSSR count). The second-order valence-corrected chi connectivity index (χ2v) is 8.13. The minimum Gasteiger partial charge on any atom is -0.339 e. The Labute approximate surface area is 142 Å². The van der Waals surface area contributed by atoms with E-state index in [2.05, 4.69) is 32.6 Å². The fraction of sp³-hybridized carbons (Fsp3) is 0.500. The highest BCUT2D eigenvalue weighted by atomic mass is 32.2. The lowest BCUT2D eigenvalue weighted by atomic mass is 10.2. The van der Waals surface area contributed by atoms with E-state index in [9.17, 15) is 4.79 Å². The van der Waals surface area contributed by atoms with Gasteiger partial charge in [-0.2, -0.15) is 0 Å². The molecule has 1 aliphatic rings. The molecule has 2 aromatic rings. The van der Waals surface area contributed by atoms with Crippen molar-refractivity contribution in [1.82, 2.24) is 20.0 Å². The van der Waals surface area contributed by atoms with Gasteiger partial charge in [0.25, 0.3) is 0 Å². The molecule has 0 bridgehead atoms. The zero-order valence-corrected chi connectivity index (χ0v) is 14.6. The van der Waals surface area contributed by atoms with Gasteiger partial charge in [-0.25, -0.2) is 0 Å². The number of carbonyl (C=O) groups excluding carboxylic acids is 1. The summed E-state index contributed by atoms with van der Waals surface area (Å²) in [6.45, 7) is 4.70. The molecule has 0 atom stereocenters. The van der Waals surface area contributed by atoms with Gasteiger partial charge in [0.05, 0.1) is 5.75 Å². The van der Waals surface area contributed by atoms with Gasteiger partial charge >= 0.3 is 0 Å². The molecule has 1 amide bonds. The molecule has 0 aromatic carbocycles. The molecule has 0 spiro atoms. The molecule has 0 N–H and O–H groups in total. The van der Waals surface area contributed by atoms with Gasteiger partial charge in [0.2, 0.25) is 5.91 Å². The van der Waals surface area contributed by atoms with Crippen molar-refractivity contribution in [3.63, 3.8) is 0 Å². The molecule has 118 valence electrons. The number of rotatable bonds is 6. The van der Waals surface area contributed by atoms with E-state index < -0.39 is 0 Å². The van der Waals surface area contributed by atoms with Crippen LogP contribution in [0, 0.1) is 0 Å². The number of aromatic nitrogens is 2. The maximum absolute atomic E-state index is 12.2. The maximum atomic E-state index is 12.2. The fourth-order valence-corrected chi connectivity index (χ4v) is 4.47. The van der Waals surface area contributed by atoms with Crippen LogP contribution in [0.4, 0.5) is 0 Å². The summed E-state index contributed by atoms with van der Waals surface area (Å²) in [6, 6.07) is 4.29. The van der Waals surface area contributed by atoms with E-state index in [-0.39, 0.29) is 5.91 Å². The van der Waals surface area contributed by atoms with E-state index in [1.165, 1.54) is 28.0 Å². The zero-order chi connectivity index (χ0) is 15.2. The summed E-state index contributed by atoms with van der Waals surface area (Å²) in [5.41, 5.74) is 1.69. The number of carbonyl (C=O) groups is 1. The average Bonchev–Trinajstić information content (AvgIpc) is 3.24. The van der Waals surface area contributed by atoms with Crippen molar-refractivity contribution in [1.29, 1.82) is 0 Å². The first-order valence-corrected chi connectivity index (χ1v) is 9.97. The second-order valence-electron chi connectivity index (χ2n) is 5.05. The third-order valence-corrected chi connectivity index (χ3v) is 6.42. The Morgan fingerprint density at radius 2 is 2.14 bits per heavy atom. The molecule has 8 heteroatoms. The van der Waals surface area contributed by atoms with E-state index in [1.807, 2.05) is 16.2 Å². The van der Waals surface area contributed by atoms with Crippen LogP contribution in [0.3, 0.4) is 0 Å². The summed E-state index contributed by atoms with van der Waals surface area (Å²) in [4.78, 5) is 18.0. The number of piperazine rings is 1. The van der Waals surface area contributed by atoms with Crippen LogP contribution in [0.15, 0.2) is 27.4 Å². The van der Waals surface area contributed by atoms with Crippen LogP contribution in [0.25, 0.3) is 0 Å². The number of hydrogen-bond donors (Lipinski definition) is 0. The highest BCUT2D eigenvalue weighted by molar-refractivity contribution is 8.01. The molecule has 0 saturated carbocycles. The summed E-state index contributed by atoms with van der Waals surface area (Å²) in [5.74, 6) is 0.669. The van der Waals surface area contributed by atoms with Crippen LogP contribution in [0.5, 0.6) is 0 Å². The quantitative estimate of drug-likeness (QED) is 0.744. The monoisotopic (exact) mass is 354 g/mol. The van der Waals surface area contributed by atoms with E-state index in [0.29, 0.717) is 5.75 Å². The van der Waals surface area contributed by atoms with Crippen molar-refractivity contribution < 1.29 is 4.79 Å². The molecule has 1 saturated heterocycles. The van der Waals surface area contributed by atoms with Crippen LogP contribution in [-0.4, -0.2) is 64.4 Å². The van der Waals surface area contributed by atoms with Gasteiger partial charge in [-0.05, 0) is 17.9 Å². The minimum atomic E-state index is 0.207. The smallest absolute Gasteiger partial charge is 0.233 e. The van der Waals surface area contributed by atoms with Gasteiger partial charge in [-0.3, -0.25) is 9.69 Å². The van der Waals surface area contributed by atoms with Crippen molar-refractivity contribution in [2.45, 2.75) is 10.8 Å².